The molecule has 140 valence electrons. The molecule has 1 N–H and O–H groups in total. The van der Waals surface area contributed by atoms with Gasteiger partial charge in [0.25, 0.3) is 0 Å². The van der Waals surface area contributed by atoms with E-state index in [2.05, 4.69) is 19.2 Å². The van der Waals surface area contributed by atoms with E-state index in [4.69, 9.17) is 0 Å². The van der Waals surface area contributed by atoms with E-state index in [0.717, 1.165) is 23.7 Å². The van der Waals surface area contributed by atoms with E-state index in [1.54, 1.807) is 38.5 Å². The molecule has 1 nitrogen and oxygen atoms in total. The minimum atomic E-state index is 0.523. The Morgan fingerprint density at radius 2 is 1.36 bits per heavy atom. The maximum absolute atomic E-state index is 4.58. The first-order valence-electron chi connectivity index (χ1n) is 11.7. The van der Waals surface area contributed by atoms with Gasteiger partial charge in [-0.25, -0.2) is 0 Å². The minimum Gasteiger partial charge on any atom is -0.306 e. The van der Waals surface area contributed by atoms with Crippen molar-refractivity contribution in [3.8, 4) is 0 Å². The highest BCUT2D eigenvalue weighted by molar-refractivity contribution is 5.19. The topological polar surface area (TPSA) is 12.0 Å². The minimum absolute atomic E-state index is 0.523. The van der Waals surface area contributed by atoms with Crippen LogP contribution in [0.3, 0.4) is 0 Å². The number of hydrogen-bond donors (Lipinski definition) is 1. The first-order chi connectivity index (χ1) is 11.9. The molecule has 4 unspecified atom stereocenters. The molecule has 8 saturated carbocycles. The van der Waals surface area contributed by atoms with E-state index in [-0.39, 0.29) is 0 Å². The van der Waals surface area contributed by atoms with Crippen LogP contribution < -0.4 is 5.32 Å². The normalized spacial score (nSPS) is 61.2. The Bertz CT molecular complexity index is 545. The van der Waals surface area contributed by atoms with E-state index in [1.807, 2.05) is 0 Å². The lowest BCUT2D eigenvalue weighted by Crippen LogP contribution is -2.71. The van der Waals surface area contributed by atoms with Crippen LogP contribution in [-0.4, -0.2) is 11.1 Å². The summed E-state index contributed by atoms with van der Waals surface area (Å²) in [4.78, 5) is 0. The largest absolute Gasteiger partial charge is 0.306 e. The summed E-state index contributed by atoms with van der Waals surface area (Å²) in [5.74, 6) is 4.27. The lowest BCUT2D eigenvalue weighted by atomic mass is 9.41. The summed E-state index contributed by atoms with van der Waals surface area (Å²) in [5, 5.41) is 4.58. The molecule has 4 atom stereocenters. The molecule has 0 heterocycles. The highest BCUT2D eigenvalue weighted by Crippen LogP contribution is 2.69. The van der Waals surface area contributed by atoms with Crippen molar-refractivity contribution in [2.45, 2.75) is 115 Å². The molecular weight excluding hydrogens is 302 g/mol. The van der Waals surface area contributed by atoms with E-state index in [9.17, 15) is 0 Å². The molecule has 0 aromatic carbocycles. The lowest BCUT2D eigenvalue weighted by Gasteiger charge is -2.69. The lowest BCUT2D eigenvalue weighted by molar-refractivity contribution is -0.149. The van der Waals surface area contributed by atoms with Gasteiger partial charge < -0.3 is 5.32 Å². The summed E-state index contributed by atoms with van der Waals surface area (Å²) < 4.78 is 0. The molecule has 8 aliphatic rings. The van der Waals surface area contributed by atoms with Gasteiger partial charge in [-0.3, -0.25) is 0 Å². The van der Waals surface area contributed by atoms with Crippen molar-refractivity contribution in [1.29, 1.82) is 0 Å². The zero-order valence-corrected chi connectivity index (χ0v) is 16.7. The second-order valence-corrected chi connectivity index (χ2v) is 12.7. The third-order valence-corrected chi connectivity index (χ3v) is 9.81. The Hall–Kier alpha value is -0.0400. The van der Waals surface area contributed by atoms with Crippen molar-refractivity contribution in [2.24, 2.45) is 34.5 Å². The Labute approximate surface area is 155 Å². The van der Waals surface area contributed by atoms with Crippen molar-refractivity contribution < 1.29 is 0 Å². The molecule has 0 aliphatic heterocycles. The molecule has 8 aliphatic carbocycles. The van der Waals surface area contributed by atoms with Crippen molar-refractivity contribution in [3.05, 3.63) is 0 Å². The van der Waals surface area contributed by atoms with Gasteiger partial charge in [0.2, 0.25) is 0 Å². The average Bonchev–Trinajstić information content (AvgIpc) is 2.40. The smallest absolute Gasteiger partial charge is 0.0199 e. The molecule has 0 amide bonds. The third-order valence-electron chi connectivity index (χ3n) is 9.81. The SMILES string of the molecule is CCCC12CC3CC(C)(C1)CC(NC14CC5CC(CC(C5)C1)C4)(C3)C2. The van der Waals surface area contributed by atoms with Gasteiger partial charge in [0, 0.05) is 11.1 Å². The molecule has 0 spiro atoms. The molecule has 8 fully saturated rings. The van der Waals surface area contributed by atoms with Gasteiger partial charge in [0.15, 0.2) is 0 Å². The highest BCUT2D eigenvalue weighted by atomic mass is 15.1. The fourth-order valence-electron chi connectivity index (χ4n) is 10.9. The van der Waals surface area contributed by atoms with Crippen molar-refractivity contribution in [2.75, 3.05) is 0 Å². The third kappa shape index (κ3) is 2.36. The second kappa shape index (κ2) is 4.86. The van der Waals surface area contributed by atoms with Crippen LogP contribution in [0, 0.1) is 34.5 Å². The van der Waals surface area contributed by atoms with Crippen LogP contribution in [0.15, 0.2) is 0 Å². The predicted molar refractivity (Wildman–Crippen MR) is 103 cm³/mol. The van der Waals surface area contributed by atoms with Crippen LogP contribution in [0.25, 0.3) is 0 Å². The van der Waals surface area contributed by atoms with E-state index in [1.165, 1.54) is 51.4 Å². The molecule has 25 heavy (non-hydrogen) atoms. The van der Waals surface area contributed by atoms with Crippen molar-refractivity contribution in [1.82, 2.24) is 5.32 Å². The van der Waals surface area contributed by atoms with Crippen molar-refractivity contribution in [3.63, 3.8) is 0 Å². The maximum atomic E-state index is 4.58. The Morgan fingerprint density at radius 1 is 0.720 bits per heavy atom. The summed E-state index contributed by atoms with van der Waals surface area (Å²) in [6.07, 6.45) is 21.4. The molecule has 8 rings (SSSR count). The van der Waals surface area contributed by atoms with Crippen LogP contribution in [0.4, 0.5) is 0 Å². The maximum Gasteiger partial charge on any atom is 0.0199 e. The van der Waals surface area contributed by atoms with E-state index < -0.39 is 0 Å². The highest BCUT2D eigenvalue weighted by Gasteiger charge is 2.63. The number of hydrogen-bond acceptors (Lipinski definition) is 1. The second-order valence-electron chi connectivity index (χ2n) is 12.7. The van der Waals surface area contributed by atoms with Gasteiger partial charge in [-0.1, -0.05) is 20.3 Å². The summed E-state index contributed by atoms with van der Waals surface area (Å²) in [6, 6.07) is 0. The average molecular weight is 342 g/mol. The first-order valence-corrected chi connectivity index (χ1v) is 11.7. The van der Waals surface area contributed by atoms with E-state index >= 15 is 0 Å². The summed E-state index contributed by atoms with van der Waals surface area (Å²) in [7, 11) is 0. The zero-order chi connectivity index (χ0) is 16.9. The van der Waals surface area contributed by atoms with Crippen LogP contribution >= 0.6 is 0 Å². The molecular formula is C24H39N. The molecule has 8 bridgehead atoms. The Morgan fingerprint density at radius 3 is 1.96 bits per heavy atom. The Kier molecular flexibility index (Phi) is 3.11. The van der Waals surface area contributed by atoms with Crippen molar-refractivity contribution >= 4 is 0 Å². The predicted octanol–water partition coefficient (Wildman–Crippen LogP) is 6.07. The van der Waals surface area contributed by atoms with Crippen LogP contribution in [0.5, 0.6) is 0 Å². The summed E-state index contributed by atoms with van der Waals surface area (Å²) in [6.45, 7) is 5.10. The van der Waals surface area contributed by atoms with Gasteiger partial charge >= 0.3 is 0 Å². The molecule has 0 aromatic rings. The van der Waals surface area contributed by atoms with Crippen LogP contribution in [0.2, 0.25) is 0 Å². The molecule has 0 saturated heterocycles. The van der Waals surface area contributed by atoms with Gasteiger partial charge in [-0.2, -0.15) is 0 Å². The Balaban J connectivity index is 1.32. The fraction of sp³-hybridized carbons (Fsp3) is 1.00. The first kappa shape index (κ1) is 16.0. The standard InChI is InChI=1S/C24H39N/c1-3-4-22-9-20-8-21(2,14-22)15-24(13-20,16-22)25-23-10-17-5-18(11-23)7-19(6-17)12-23/h17-20,25H,3-16H2,1-2H3. The monoisotopic (exact) mass is 341 g/mol. The molecule has 0 radical (unpaired) electrons. The van der Waals surface area contributed by atoms with Crippen LogP contribution in [0.1, 0.15) is 104 Å². The van der Waals surface area contributed by atoms with Gasteiger partial charge in [-0.15, -0.1) is 0 Å². The van der Waals surface area contributed by atoms with Gasteiger partial charge in [-0.05, 0) is 118 Å². The fourth-order valence-corrected chi connectivity index (χ4v) is 10.9. The van der Waals surface area contributed by atoms with Crippen LogP contribution in [-0.2, 0) is 0 Å². The van der Waals surface area contributed by atoms with E-state index in [0.29, 0.717) is 21.9 Å². The van der Waals surface area contributed by atoms with Gasteiger partial charge in [0.1, 0.15) is 0 Å². The quantitative estimate of drug-likeness (QED) is 0.654. The summed E-state index contributed by atoms with van der Waals surface area (Å²) in [5.41, 5.74) is 2.45. The number of rotatable bonds is 4. The summed E-state index contributed by atoms with van der Waals surface area (Å²) >= 11 is 0. The number of nitrogens with one attached hydrogen (secondary N) is 1. The zero-order valence-electron chi connectivity index (χ0n) is 16.7. The molecule has 0 aromatic heterocycles. The molecule has 1 heteroatoms. The van der Waals surface area contributed by atoms with Gasteiger partial charge in [0.05, 0.1) is 0 Å².